The average molecular weight is 657 g/mol. The minimum atomic E-state index is -4.34. The molecular formula is C35H37FN6O4S. The van der Waals surface area contributed by atoms with Gasteiger partial charge in [0.25, 0.3) is 5.56 Å². The third-order valence-corrected chi connectivity index (χ3v) is 10.9. The predicted octanol–water partition coefficient (Wildman–Crippen LogP) is 5.80. The number of H-pyrrole nitrogens is 1. The third-order valence-electron chi connectivity index (χ3n) is 9.06. The number of amides is 1. The number of hydrogen-bond acceptors (Lipinski definition) is 7. The van der Waals surface area contributed by atoms with Crippen LogP contribution < -0.4 is 15.8 Å². The highest BCUT2D eigenvalue weighted by Gasteiger charge is 2.45. The van der Waals surface area contributed by atoms with Gasteiger partial charge in [-0.3, -0.25) is 14.6 Å². The maximum Gasteiger partial charge on any atom is 0.255 e. The van der Waals surface area contributed by atoms with Gasteiger partial charge in [0.1, 0.15) is 17.9 Å². The summed E-state index contributed by atoms with van der Waals surface area (Å²) in [7, 11) is -4.34. The number of rotatable bonds is 9. The van der Waals surface area contributed by atoms with Gasteiger partial charge in [0.2, 0.25) is 15.9 Å². The molecule has 12 heteroatoms. The van der Waals surface area contributed by atoms with Crippen LogP contribution in [0.3, 0.4) is 0 Å². The quantitative estimate of drug-likeness (QED) is 0.232. The van der Waals surface area contributed by atoms with Crippen molar-refractivity contribution in [2.45, 2.75) is 81.8 Å². The molecule has 47 heavy (non-hydrogen) atoms. The van der Waals surface area contributed by atoms with Gasteiger partial charge >= 0.3 is 0 Å². The van der Waals surface area contributed by atoms with Crippen LogP contribution in [0.1, 0.15) is 75.1 Å². The molecule has 0 bridgehead atoms. The monoisotopic (exact) mass is 656 g/mol. The number of benzene rings is 2. The number of carbonyl (C=O) groups excluding carboxylic acids is 1. The molecule has 1 amide bonds. The first-order valence-corrected chi connectivity index (χ1v) is 17.4. The van der Waals surface area contributed by atoms with Crippen molar-refractivity contribution in [1.29, 1.82) is 5.26 Å². The van der Waals surface area contributed by atoms with Crippen LogP contribution in [-0.2, 0) is 21.4 Å². The fraction of sp³-hybridized carbons (Fsp3) is 0.371. The maximum atomic E-state index is 15.1. The highest BCUT2D eigenvalue weighted by atomic mass is 32.2. The maximum absolute atomic E-state index is 15.1. The topological polar surface area (TPSA) is 139 Å². The number of pyridine rings is 2. The Hall–Kier alpha value is -4.60. The third kappa shape index (κ3) is 6.50. The van der Waals surface area contributed by atoms with E-state index in [4.69, 9.17) is 4.98 Å². The number of nitrogens with zero attached hydrogens (tertiary/aromatic N) is 4. The van der Waals surface area contributed by atoms with Crippen molar-refractivity contribution >= 4 is 38.1 Å². The van der Waals surface area contributed by atoms with E-state index < -0.39 is 32.7 Å². The Morgan fingerprint density at radius 3 is 2.57 bits per heavy atom. The van der Waals surface area contributed by atoms with Gasteiger partial charge < -0.3 is 15.2 Å². The second kappa shape index (κ2) is 13.3. The largest absolute Gasteiger partial charge is 0.379 e. The zero-order chi connectivity index (χ0) is 33.3. The second-order valence-electron chi connectivity index (χ2n) is 12.6. The highest BCUT2D eigenvalue weighted by Crippen LogP contribution is 2.35. The SMILES string of the molecule is CC(C)Nc1c(F)cc(S(=O)(=O)N2CC[C@@H]2C(=O)N(Cc2ccc(C3CCCCC3)cn2)c2ccc3c(=O)[nH]ccc3c2)cc1C#N. The van der Waals surface area contributed by atoms with Crippen molar-refractivity contribution < 1.29 is 17.6 Å². The van der Waals surface area contributed by atoms with Gasteiger partial charge in [-0.2, -0.15) is 9.57 Å². The summed E-state index contributed by atoms with van der Waals surface area (Å²) in [6, 6.07) is 13.4. The Morgan fingerprint density at radius 1 is 1.13 bits per heavy atom. The van der Waals surface area contributed by atoms with Gasteiger partial charge in [-0.25, -0.2) is 12.8 Å². The smallest absolute Gasteiger partial charge is 0.255 e. The minimum absolute atomic E-state index is 0.0590. The molecule has 1 atom stereocenters. The molecule has 10 nitrogen and oxygen atoms in total. The summed E-state index contributed by atoms with van der Waals surface area (Å²) in [4.78, 5) is 35.1. The normalized spacial score (nSPS) is 17.3. The summed E-state index contributed by atoms with van der Waals surface area (Å²) in [5.41, 5.74) is 1.81. The highest BCUT2D eigenvalue weighted by molar-refractivity contribution is 7.89. The van der Waals surface area contributed by atoms with E-state index in [1.807, 2.05) is 18.3 Å². The summed E-state index contributed by atoms with van der Waals surface area (Å²) >= 11 is 0. The van der Waals surface area contributed by atoms with E-state index in [0.29, 0.717) is 28.1 Å². The van der Waals surface area contributed by atoms with Gasteiger partial charge in [0.05, 0.1) is 28.4 Å². The first-order valence-electron chi connectivity index (χ1n) is 16.0. The van der Waals surface area contributed by atoms with Crippen LogP contribution >= 0.6 is 0 Å². The lowest BCUT2D eigenvalue weighted by Crippen LogP contribution is -2.59. The molecule has 2 aromatic carbocycles. The van der Waals surface area contributed by atoms with Gasteiger partial charge in [-0.15, -0.1) is 0 Å². The van der Waals surface area contributed by atoms with Crippen molar-refractivity contribution in [3.8, 4) is 6.07 Å². The van der Waals surface area contributed by atoms with Crippen molar-refractivity contribution in [3.05, 3.63) is 93.9 Å². The lowest BCUT2D eigenvalue weighted by atomic mass is 9.85. The first kappa shape index (κ1) is 32.3. The number of aromatic amines is 1. The summed E-state index contributed by atoms with van der Waals surface area (Å²) < 4.78 is 43.8. The summed E-state index contributed by atoms with van der Waals surface area (Å²) in [5.74, 6) is -0.867. The fourth-order valence-electron chi connectivity index (χ4n) is 6.48. The second-order valence-corrected chi connectivity index (χ2v) is 14.5. The lowest BCUT2D eigenvalue weighted by molar-refractivity contribution is -0.125. The van der Waals surface area contributed by atoms with Crippen LogP contribution in [0.15, 0.2) is 70.6 Å². The van der Waals surface area contributed by atoms with Crippen LogP contribution in [0, 0.1) is 17.1 Å². The molecule has 2 aliphatic rings. The van der Waals surface area contributed by atoms with Crippen molar-refractivity contribution in [1.82, 2.24) is 14.3 Å². The van der Waals surface area contributed by atoms with Gasteiger partial charge in [-0.05, 0) is 92.4 Å². The number of carbonyl (C=O) groups is 1. The number of halogens is 1. The Kier molecular flexibility index (Phi) is 9.12. The van der Waals surface area contributed by atoms with E-state index in [-0.39, 0.29) is 42.4 Å². The molecule has 4 aromatic rings. The molecule has 0 unspecified atom stereocenters. The fourth-order valence-corrected chi connectivity index (χ4v) is 8.15. The molecule has 0 radical (unpaired) electrons. The Balaban J connectivity index is 1.32. The molecule has 3 heterocycles. The van der Waals surface area contributed by atoms with E-state index in [9.17, 15) is 23.3 Å². The molecule has 2 fully saturated rings. The number of nitriles is 1. The van der Waals surface area contributed by atoms with Gasteiger partial charge in [-0.1, -0.05) is 25.3 Å². The molecule has 1 aliphatic heterocycles. The van der Waals surface area contributed by atoms with Crippen LogP contribution in [0.5, 0.6) is 0 Å². The van der Waals surface area contributed by atoms with Crippen molar-refractivity contribution in [2.75, 3.05) is 16.8 Å². The number of nitrogens with one attached hydrogen (secondary N) is 2. The van der Waals surface area contributed by atoms with Gasteiger partial charge in [0.15, 0.2) is 0 Å². The zero-order valence-corrected chi connectivity index (χ0v) is 27.2. The molecule has 1 saturated heterocycles. The molecular weight excluding hydrogens is 619 g/mol. The number of anilines is 2. The Morgan fingerprint density at radius 2 is 1.91 bits per heavy atom. The van der Waals surface area contributed by atoms with E-state index in [0.717, 1.165) is 29.3 Å². The Labute approximate surface area is 273 Å². The van der Waals surface area contributed by atoms with E-state index in [2.05, 4.69) is 16.4 Å². The first-order chi connectivity index (χ1) is 22.6. The predicted molar refractivity (Wildman–Crippen MR) is 178 cm³/mol. The van der Waals surface area contributed by atoms with E-state index >= 15 is 4.39 Å². The number of aromatic nitrogens is 2. The Bertz CT molecular complexity index is 2020. The molecule has 2 N–H and O–H groups in total. The zero-order valence-electron chi connectivity index (χ0n) is 26.4. The standard InChI is InChI=1S/C35H37FN6O4S/c1-22(2)40-33-26(19-37)17-29(18-31(33)36)47(45,46)42-15-13-32(42)35(44)41(28-10-11-30-24(16-28)12-14-38-34(30)43)21-27-9-8-25(20-39-27)23-6-4-3-5-7-23/h8-12,14,16-18,20,22-23,32,40H,3-7,13,15,21H2,1-2H3,(H,38,43)/t32-/m1/s1. The minimum Gasteiger partial charge on any atom is -0.379 e. The van der Waals surface area contributed by atoms with Crippen LogP contribution in [-0.4, -0.2) is 47.2 Å². The summed E-state index contributed by atoms with van der Waals surface area (Å²) in [5, 5.41) is 13.6. The van der Waals surface area contributed by atoms with Crippen LogP contribution in [0.25, 0.3) is 10.8 Å². The average Bonchev–Trinajstić information content (AvgIpc) is 3.04. The van der Waals surface area contributed by atoms with Crippen LogP contribution in [0.4, 0.5) is 15.8 Å². The number of hydrogen-bond donors (Lipinski definition) is 2. The van der Waals surface area contributed by atoms with E-state index in [1.54, 1.807) is 38.1 Å². The number of fused-ring (bicyclic) bond motifs is 1. The molecule has 0 spiro atoms. The summed E-state index contributed by atoms with van der Waals surface area (Å²) in [6.07, 6.45) is 9.56. The lowest BCUT2D eigenvalue weighted by Gasteiger charge is -2.41. The van der Waals surface area contributed by atoms with E-state index in [1.165, 1.54) is 35.9 Å². The number of sulfonamides is 1. The molecule has 6 rings (SSSR count). The molecule has 244 valence electrons. The molecule has 1 saturated carbocycles. The molecule has 1 aliphatic carbocycles. The van der Waals surface area contributed by atoms with Crippen LogP contribution in [0.2, 0.25) is 0 Å². The van der Waals surface area contributed by atoms with Gasteiger partial charge in [0, 0.05) is 36.1 Å². The van der Waals surface area contributed by atoms with Crippen molar-refractivity contribution in [3.63, 3.8) is 0 Å². The summed E-state index contributed by atoms with van der Waals surface area (Å²) in [6.45, 7) is 3.69. The molecule has 2 aromatic heterocycles. The van der Waals surface area contributed by atoms with Crippen molar-refractivity contribution in [2.24, 2.45) is 0 Å².